The van der Waals surface area contributed by atoms with Crippen LogP contribution in [0, 0.1) is 0 Å². The number of carbonyl (C=O) groups is 6. The molecule has 2 aliphatic rings. The summed E-state index contributed by atoms with van der Waals surface area (Å²) >= 11 is 0. The van der Waals surface area contributed by atoms with Crippen LogP contribution in [0.2, 0.25) is 0 Å². The van der Waals surface area contributed by atoms with E-state index in [1.54, 1.807) is 36.4 Å². The van der Waals surface area contributed by atoms with Crippen molar-refractivity contribution >= 4 is 67.0 Å². The first-order chi connectivity index (χ1) is 32.8. The fourth-order valence-electron chi connectivity index (χ4n) is 8.44. The van der Waals surface area contributed by atoms with Gasteiger partial charge in [-0.2, -0.15) is 0 Å². The van der Waals surface area contributed by atoms with Gasteiger partial charge in [-0.1, -0.05) is 91.9 Å². The number of amides is 2. The normalized spacial score (nSPS) is 13.3. The van der Waals surface area contributed by atoms with Gasteiger partial charge in [0.1, 0.15) is 0 Å². The van der Waals surface area contributed by atoms with E-state index >= 15 is 0 Å². The number of aliphatic hydroxyl groups is 1. The van der Waals surface area contributed by atoms with Gasteiger partial charge in [-0.15, -0.1) is 0 Å². The Morgan fingerprint density at radius 3 is 1.32 bits per heavy atom. The minimum atomic E-state index is -3.59. The van der Waals surface area contributed by atoms with Crippen molar-refractivity contribution < 1.29 is 46.5 Å². The molecule has 0 bridgehead atoms. The Morgan fingerprint density at radius 1 is 0.529 bits per heavy atom. The van der Waals surface area contributed by atoms with Crippen molar-refractivity contribution in [3.05, 3.63) is 177 Å². The minimum absolute atomic E-state index is 0.0596. The average Bonchev–Trinajstić information content (AvgIpc) is 3.35. The number of rotatable bonds is 18. The zero-order valence-corrected chi connectivity index (χ0v) is 38.5. The molecule has 16 heteroatoms. The van der Waals surface area contributed by atoms with Crippen LogP contribution in [0.5, 0.6) is 0 Å². The molecule has 0 saturated carbocycles. The molecule has 1 unspecified atom stereocenters. The van der Waals surface area contributed by atoms with Gasteiger partial charge in [-0.3, -0.25) is 33.0 Å². The second-order valence-corrected chi connectivity index (χ2v) is 20.0. The van der Waals surface area contributed by atoms with Gasteiger partial charge >= 0.3 is 0 Å². The summed E-state index contributed by atoms with van der Waals surface area (Å²) in [7, 11) is -4.65. The Balaban J connectivity index is 1.06. The van der Waals surface area contributed by atoms with E-state index in [9.17, 15) is 41.4 Å². The number of aliphatic hydroxyl groups excluding tert-OH is 1. The van der Waals surface area contributed by atoms with Crippen LogP contribution in [0.1, 0.15) is 81.7 Å². The maximum atomic E-state index is 14.6. The monoisotopic (exact) mass is 950 g/mol. The van der Waals surface area contributed by atoms with Gasteiger partial charge < -0.3 is 26.4 Å². The van der Waals surface area contributed by atoms with Gasteiger partial charge in [0.05, 0.1) is 63.6 Å². The van der Waals surface area contributed by atoms with Crippen LogP contribution < -0.4 is 21.3 Å². The summed E-state index contributed by atoms with van der Waals surface area (Å²) in [6.07, 6.45) is 1.05. The summed E-state index contributed by atoms with van der Waals surface area (Å²) in [5.41, 5.74) is 2.53. The van der Waals surface area contributed by atoms with Gasteiger partial charge in [-0.05, 0) is 84.6 Å². The molecule has 0 radical (unpaired) electrons. The highest BCUT2D eigenvalue weighted by molar-refractivity contribution is 7.91. The van der Waals surface area contributed by atoms with Crippen molar-refractivity contribution in [1.29, 1.82) is 0 Å². The standard InChI is InChI=1S/C52H46N4O10S2/c1-2-67(64)33-15-11-31(12-16-33)23-25-53-29-43(58)55-41-21-19-35(45-47(41)51(62)39-9-5-3-7-37(39)49(45)60)36-20-22-42(48-46(36)50(61)38-8-4-6-10-40(38)52(48)63)56-44(59)30-54-26-24-32-13-17-34(18-14-32)68(65,66)28-27-57/h3-22,53-54,57H,2,23-30H2,1H3,(H,55,58)(H,56,59). The zero-order chi connectivity index (χ0) is 48.1. The molecule has 2 aliphatic carbocycles. The van der Waals surface area contributed by atoms with Gasteiger partial charge in [-0.25, -0.2) is 8.42 Å². The summed E-state index contributed by atoms with van der Waals surface area (Å²) < 4.78 is 36.6. The number of benzene rings is 6. The van der Waals surface area contributed by atoms with Crippen molar-refractivity contribution in [2.75, 3.05) is 54.9 Å². The Kier molecular flexibility index (Phi) is 14.2. The lowest BCUT2D eigenvalue weighted by atomic mass is 9.75. The third kappa shape index (κ3) is 9.68. The maximum absolute atomic E-state index is 14.6. The largest absolute Gasteiger partial charge is 0.395 e. The molecule has 14 nitrogen and oxygen atoms in total. The van der Waals surface area contributed by atoms with E-state index in [0.29, 0.717) is 31.7 Å². The van der Waals surface area contributed by atoms with E-state index in [4.69, 9.17) is 5.11 Å². The lowest BCUT2D eigenvalue weighted by molar-refractivity contribution is -0.116. The molecule has 0 aromatic heterocycles. The Hall–Kier alpha value is -7.08. The molecule has 6 aromatic rings. The van der Waals surface area contributed by atoms with Crippen LogP contribution in [-0.2, 0) is 43.1 Å². The van der Waals surface area contributed by atoms with Gasteiger partial charge in [0.25, 0.3) is 0 Å². The maximum Gasteiger partial charge on any atom is 0.238 e. The molecule has 0 fully saturated rings. The van der Waals surface area contributed by atoms with Crippen molar-refractivity contribution in [2.45, 2.75) is 29.6 Å². The fourth-order valence-corrected chi connectivity index (χ4v) is 10.2. The van der Waals surface area contributed by atoms with Crippen LogP contribution in [0.4, 0.5) is 11.4 Å². The molecule has 5 N–H and O–H groups in total. The Bertz CT molecular complexity index is 3170. The number of sulfone groups is 1. The summed E-state index contributed by atoms with van der Waals surface area (Å²) in [6.45, 7) is 1.86. The number of anilines is 2. The smallest absolute Gasteiger partial charge is 0.238 e. The molecule has 6 aromatic carbocycles. The number of fused-ring (bicyclic) bond motifs is 4. The lowest BCUT2D eigenvalue weighted by Gasteiger charge is -2.26. The molecule has 8 rings (SSSR count). The van der Waals surface area contributed by atoms with Gasteiger partial charge in [0, 0.05) is 44.0 Å². The molecule has 0 heterocycles. The molecule has 0 aliphatic heterocycles. The van der Waals surface area contributed by atoms with E-state index < -0.39 is 62.2 Å². The second-order valence-electron chi connectivity index (χ2n) is 16.1. The number of hydrogen-bond acceptors (Lipinski definition) is 12. The Morgan fingerprint density at radius 2 is 0.926 bits per heavy atom. The van der Waals surface area contributed by atoms with E-state index in [1.165, 1.54) is 60.7 Å². The van der Waals surface area contributed by atoms with Gasteiger partial charge in [0.2, 0.25) is 11.8 Å². The van der Waals surface area contributed by atoms with E-state index in [2.05, 4.69) is 21.3 Å². The van der Waals surface area contributed by atoms with Crippen LogP contribution in [-0.4, -0.2) is 97.0 Å². The highest BCUT2D eigenvalue weighted by atomic mass is 32.2. The molecule has 346 valence electrons. The summed E-state index contributed by atoms with van der Waals surface area (Å²) in [6, 6.07) is 32.4. The number of ketones is 4. The van der Waals surface area contributed by atoms with Crippen LogP contribution in [0.15, 0.2) is 131 Å². The van der Waals surface area contributed by atoms with E-state index in [1.807, 2.05) is 31.2 Å². The second kappa shape index (κ2) is 20.4. The molecule has 0 saturated heterocycles. The summed E-state index contributed by atoms with van der Waals surface area (Å²) in [5, 5.41) is 20.8. The Labute approximate surface area is 395 Å². The van der Waals surface area contributed by atoms with Crippen LogP contribution in [0.3, 0.4) is 0 Å². The van der Waals surface area contributed by atoms with Crippen LogP contribution >= 0.6 is 0 Å². The highest BCUT2D eigenvalue weighted by Gasteiger charge is 2.39. The fraction of sp³-hybridized carbons (Fsp3) is 0.192. The first kappa shape index (κ1) is 47.4. The van der Waals surface area contributed by atoms with Crippen molar-refractivity contribution in [3.8, 4) is 11.1 Å². The summed E-state index contributed by atoms with van der Waals surface area (Å²) in [5.74, 6) is -2.96. The zero-order valence-electron chi connectivity index (χ0n) is 36.8. The SMILES string of the molecule is CCS(=O)c1ccc(CCNCC(=O)Nc2ccc(-c3ccc(NC(=O)CNCCc4ccc(S(=O)(=O)CCO)cc4)c4c3C(=O)c3ccccc3C4=O)c3c2C(=O)c2ccccc2C3=O)cc1. The molecular formula is C52H46N4O10S2. The highest BCUT2D eigenvalue weighted by Crippen LogP contribution is 2.43. The van der Waals surface area contributed by atoms with E-state index in [-0.39, 0.29) is 90.7 Å². The third-order valence-electron chi connectivity index (χ3n) is 11.8. The quantitative estimate of drug-likeness (QED) is 0.0689. The number of carbonyl (C=O) groups excluding carboxylic acids is 6. The molecule has 68 heavy (non-hydrogen) atoms. The average molecular weight is 951 g/mol. The van der Waals surface area contributed by atoms with E-state index in [0.717, 1.165) is 16.0 Å². The number of nitrogens with one attached hydrogen (secondary N) is 4. The minimum Gasteiger partial charge on any atom is -0.395 e. The molecular weight excluding hydrogens is 905 g/mol. The molecule has 0 spiro atoms. The van der Waals surface area contributed by atoms with Crippen molar-refractivity contribution in [2.24, 2.45) is 0 Å². The topological polar surface area (TPSA) is 222 Å². The molecule has 2 amide bonds. The first-order valence-electron chi connectivity index (χ1n) is 21.9. The lowest BCUT2D eigenvalue weighted by Crippen LogP contribution is -2.31. The van der Waals surface area contributed by atoms with Gasteiger partial charge in [0.15, 0.2) is 33.0 Å². The van der Waals surface area contributed by atoms with Crippen molar-refractivity contribution in [1.82, 2.24) is 10.6 Å². The summed E-state index contributed by atoms with van der Waals surface area (Å²) in [4.78, 5) is 85.7. The van der Waals surface area contributed by atoms with Crippen LogP contribution in [0.25, 0.3) is 11.1 Å². The predicted molar refractivity (Wildman–Crippen MR) is 258 cm³/mol. The first-order valence-corrected chi connectivity index (χ1v) is 24.9. The van der Waals surface area contributed by atoms with Crippen molar-refractivity contribution in [3.63, 3.8) is 0 Å². The molecule has 1 atom stereocenters. The number of hydrogen-bond donors (Lipinski definition) is 5. The third-order valence-corrected chi connectivity index (χ3v) is 14.9. The predicted octanol–water partition coefficient (Wildman–Crippen LogP) is 5.34.